The smallest absolute Gasteiger partial charge is 0.173 e. The number of para-hydroxylation sites is 1. The normalized spacial score (nSPS) is 10.2. The third-order valence-corrected chi connectivity index (χ3v) is 4.12. The summed E-state index contributed by atoms with van der Waals surface area (Å²) in [5, 5.41) is 14.0. The Balaban J connectivity index is 2.22. The zero-order chi connectivity index (χ0) is 17.4. The van der Waals surface area contributed by atoms with Crippen molar-refractivity contribution < 1.29 is 9.84 Å². The first-order valence-corrected chi connectivity index (χ1v) is 8.52. The molecule has 0 fully saturated rings. The van der Waals surface area contributed by atoms with Gasteiger partial charge in [0.1, 0.15) is 11.5 Å². The molecule has 0 radical (unpaired) electrons. The van der Waals surface area contributed by atoms with Crippen LogP contribution in [0.25, 0.3) is 0 Å². The number of methoxy groups -OCH3 is 1. The fourth-order valence-corrected chi connectivity index (χ4v) is 2.60. The summed E-state index contributed by atoms with van der Waals surface area (Å²) in [6, 6.07) is 15.1. The summed E-state index contributed by atoms with van der Waals surface area (Å²) in [7, 11) is 1.64. The minimum atomic E-state index is 0.271. The van der Waals surface area contributed by atoms with E-state index in [1.807, 2.05) is 47.4 Å². The van der Waals surface area contributed by atoms with Crippen LogP contribution in [0.15, 0.2) is 48.5 Å². The summed E-state index contributed by atoms with van der Waals surface area (Å²) in [6.07, 6.45) is 2.17. The molecular weight excluding hydrogens is 320 g/mol. The summed E-state index contributed by atoms with van der Waals surface area (Å²) < 4.78 is 5.22. The summed E-state index contributed by atoms with van der Waals surface area (Å²) in [5.74, 6) is 1.07. The van der Waals surface area contributed by atoms with Gasteiger partial charge in [-0.15, -0.1) is 0 Å². The predicted molar refractivity (Wildman–Crippen MR) is 103 cm³/mol. The Morgan fingerprint density at radius 2 is 1.88 bits per heavy atom. The molecule has 0 aliphatic carbocycles. The predicted octanol–water partition coefficient (Wildman–Crippen LogP) is 4.08. The second-order valence-corrected chi connectivity index (χ2v) is 5.89. The first kappa shape index (κ1) is 18.1. The molecule has 0 aliphatic rings. The Kier molecular flexibility index (Phi) is 6.88. The monoisotopic (exact) mass is 344 g/mol. The number of nitrogens with one attached hydrogen (secondary N) is 1. The maximum atomic E-state index is 10.1. The van der Waals surface area contributed by atoms with Crippen LogP contribution in [0, 0.1) is 0 Å². The Morgan fingerprint density at radius 1 is 1.17 bits per heavy atom. The summed E-state index contributed by atoms with van der Waals surface area (Å²) in [6.45, 7) is 3.48. The number of aromatic hydroxyl groups is 1. The van der Waals surface area contributed by atoms with Gasteiger partial charge in [0.2, 0.25) is 0 Å². The topological polar surface area (TPSA) is 44.7 Å². The van der Waals surface area contributed by atoms with E-state index in [1.54, 1.807) is 13.2 Å². The van der Waals surface area contributed by atoms with Crippen molar-refractivity contribution >= 4 is 23.0 Å². The number of ether oxygens (including phenoxy) is 1. The highest BCUT2D eigenvalue weighted by Crippen LogP contribution is 2.24. The molecule has 0 saturated carbocycles. The molecule has 0 aliphatic heterocycles. The first-order chi connectivity index (χ1) is 11.7. The minimum absolute atomic E-state index is 0.271. The highest BCUT2D eigenvalue weighted by atomic mass is 32.1. The number of nitrogens with zero attached hydrogens (tertiary/aromatic N) is 1. The fraction of sp³-hybridized carbons (Fsp3) is 0.316. The van der Waals surface area contributed by atoms with Gasteiger partial charge in [0.25, 0.3) is 0 Å². The van der Waals surface area contributed by atoms with Gasteiger partial charge in [-0.05, 0) is 49.0 Å². The van der Waals surface area contributed by atoms with E-state index in [2.05, 4.69) is 12.2 Å². The standard InChI is InChI=1S/C19H24N2O2S/c1-3-4-13-20-19(24)21(14-15-7-5-6-8-18(15)22)16-9-11-17(23-2)12-10-16/h5-12,22H,3-4,13-14H2,1-2H3,(H,20,24). The van der Waals surface area contributed by atoms with Crippen LogP contribution in [0.1, 0.15) is 25.3 Å². The lowest BCUT2D eigenvalue weighted by Gasteiger charge is -2.26. The molecule has 2 rings (SSSR count). The highest BCUT2D eigenvalue weighted by Gasteiger charge is 2.14. The van der Waals surface area contributed by atoms with E-state index in [-0.39, 0.29) is 5.75 Å². The van der Waals surface area contributed by atoms with Crippen LogP contribution in [0.4, 0.5) is 5.69 Å². The summed E-state index contributed by atoms with van der Waals surface area (Å²) >= 11 is 5.58. The van der Waals surface area contributed by atoms with E-state index < -0.39 is 0 Å². The van der Waals surface area contributed by atoms with Gasteiger partial charge < -0.3 is 20.1 Å². The number of benzene rings is 2. The number of thiocarbonyl (C=S) groups is 1. The first-order valence-electron chi connectivity index (χ1n) is 8.12. The second kappa shape index (κ2) is 9.13. The molecule has 0 bridgehead atoms. The van der Waals surface area contributed by atoms with Gasteiger partial charge in [-0.1, -0.05) is 31.5 Å². The number of unbranched alkanes of at least 4 members (excludes halogenated alkanes) is 1. The fourth-order valence-electron chi connectivity index (χ4n) is 2.32. The van der Waals surface area contributed by atoms with Crippen molar-refractivity contribution in [1.29, 1.82) is 0 Å². The molecule has 2 aromatic rings. The lowest BCUT2D eigenvalue weighted by molar-refractivity contribution is 0.415. The number of rotatable bonds is 7. The molecule has 0 heterocycles. The number of phenolic OH excluding ortho intramolecular Hbond substituents is 1. The van der Waals surface area contributed by atoms with Gasteiger partial charge in [0.05, 0.1) is 13.7 Å². The third-order valence-electron chi connectivity index (χ3n) is 3.76. The molecule has 0 aromatic heterocycles. The van der Waals surface area contributed by atoms with Gasteiger partial charge in [-0.2, -0.15) is 0 Å². The molecule has 0 amide bonds. The average Bonchev–Trinajstić information content (AvgIpc) is 2.61. The Bertz CT molecular complexity index is 659. The van der Waals surface area contributed by atoms with E-state index in [9.17, 15) is 5.11 Å². The Morgan fingerprint density at radius 3 is 2.50 bits per heavy atom. The second-order valence-electron chi connectivity index (χ2n) is 5.50. The summed E-state index contributed by atoms with van der Waals surface area (Å²) in [4.78, 5) is 1.99. The van der Waals surface area contributed by atoms with Crippen molar-refractivity contribution in [3.05, 3.63) is 54.1 Å². The molecule has 0 saturated heterocycles. The van der Waals surface area contributed by atoms with Gasteiger partial charge in [0, 0.05) is 17.8 Å². The van der Waals surface area contributed by atoms with Gasteiger partial charge in [-0.25, -0.2) is 0 Å². The van der Waals surface area contributed by atoms with Crippen molar-refractivity contribution in [3.63, 3.8) is 0 Å². The number of hydrogen-bond acceptors (Lipinski definition) is 3. The summed E-state index contributed by atoms with van der Waals surface area (Å²) in [5.41, 5.74) is 1.78. The number of hydrogen-bond donors (Lipinski definition) is 2. The van der Waals surface area contributed by atoms with Crippen molar-refractivity contribution in [1.82, 2.24) is 5.32 Å². The van der Waals surface area contributed by atoms with Gasteiger partial charge in [0.15, 0.2) is 5.11 Å². The van der Waals surface area contributed by atoms with Crippen LogP contribution in [-0.2, 0) is 6.54 Å². The van der Waals surface area contributed by atoms with Crippen LogP contribution in [-0.4, -0.2) is 23.9 Å². The van der Waals surface area contributed by atoms with E-state index in [0.29, 0.717) is 11.7 Å². The molecule has 24 heavy (non-hydrogen) atoms. The van der Waals surface area contributed by atoms with Crippen molar-refractivity contribution in [2.75, 3.05) is 18.6 Å². The lowest BCUT2D eigenvalue weighted by Crippen LogP contribution is -2.39. The number of phenols is 1. The number of anilines is 1. The molecule has 0 atom stereocenters. The molecule has 0 unspecified atom stereocenters. The van der Waals surface area contributed by atoms with E-state index in [4.69, 9.17) is 17.0 Å². The van der Waals surface area contributed by atoms with Crippen molar-refractivity contribution in [3.8, 4) is 11.5 Å². The molecular formula is C19H24N2O2S. The molecule has 128 valence electrons. The molecule has 2 aromatic carbocycles. The third kappa shape index (κ3) is 4.86. The van der Waals surface area contributed by atoms with Crippen LogP contribution >= 0.6 is 12.2 Å². The Hall–Kier alpha value is -2.27. The minimum Gasteiger partial charge on any atom is -0.508 e. The zero-order valence-electron chi connectivity index (χ0n) is 14.2. The van der Waals surface area contributed by atoms with Crippen LogP contribution in [0.2, 0.25) is 0 Å². The maximum absolute atomic E-state index is 10.1. The van der Waals surface area contributed by atoms with Crippen LogP contribution in [0.3, 0.4) is 0 Å². The maximum Gasteiger partial charge on any atom is 0.173 e. The molecule has 2 N–H and O–H groups in total. The van der Waals surface area contributed by atoms with E-state index in [0.717, 1.165) is 36.4 Å². The van der Waals surface area contributed by atoms with Crippen molar-refractivity contribution in [2.24, 2.45) is 0 Å². The van der Waals surface area contributed by atoms with E-state index >= 15 is 0 Å². The van der Waals surface area contributed by atoms with Gasteiger partial charge in [-0.3, -0.25) is 0 Å². The molecule has 4 nitrogen and oxygen atoms in total. The van der Waals surface area contributed by atoms with Gasteiger partial charge >= 0.3 is 0 Å². The van der Waals surface area contributed by atoms with Crippen molar-refractivity contribution in [2.45, 2.75) is 26.3 Å². The van der Waals surface area contributed by atoms with Crippen LogP contribution in [0.5, 0.6) is 11.5 Å². The zero-order valence-corrected chi connectivity index (χ0v) is 15.0. The lowest BCUT2D eigenvalue weighted by atomic mass is 10.1. The highest BCUT2D eigenvalue weighted by molar-refractivity contribution is 7.80. The van der Waals surface area contributed by atoms with Crippen LogP contribution < -0.4 is 15.0 Å². The SMILES string of the molecule is CCCCNC(=S)N(Cc1ccccc1O)c1ccc(OC)cc1. The molecule has 5 heteroatoms. The molecule has 0 spiro atoms. The Labute approximate surface area is 149 Å². The van der Waals surface area contributed by atoms with E-state index in [1.165, 1.54) is 0 Å². The quantitative estimate of drug-likeness (QED) is 0.585. The average molecular weight is 344 g/mol. The largest absolute Gasteiger partial charge is 0.508 e.